The lowest BCUT2D eigenvalue weighted by atomic mass is 10.3. The number of hydrogen-bond donors (Lipinski definition) is 2. The highest BCUT2D eigenvalue weighted by atomic mass is 19.1. The molecular weight excluding hydrogens is 333 g/mol. The van der Waals surface area contributed by atoms with E-state index in [1.54, 1.807) is 4.90 Å². The van der Waals surface area contributed by atoms with Gasteiger partial charge in [0, 0.05) is 32.7 Å². The van der Waals surface area contributed by atoms with Gasteiger partial charge >= 0.3 is 12.0 Å². The number of hydrogen-bond acceptors (Lipinski definition) is 4. The molecule has 1 aromatic carbocycles. The van der Waals surface area contributed by atoms with E-state index in [1.165, 1.54) is 29.2 Å². The van der Waals surface area contributed by atoms with Gasteiger partial charge in [0.2, 0.25) is 0 Å². The van der Waals surface area contributed by atoms with Crippen LogP contribution < -0.4 is 10.1 Å². The molecule has 3 amide bonds. The molecule has 1 heterocycles. The van der Waals surface area contributed by atoms with Crippen molar-refractivity contribution in [3.05, 3.63) is 30.1 Å². The third kappa shape index (κ3) is 5.94. The fourth-order valence-electron chi connectivity index (χ4n) is 2.31. The average Bonchev–Trinajstić information content (AvgIpc) is 2.60. The molecule has 0 aliphatic carbocycles. The van der Waals surface area contributed by atoms with Crippen LogP contribution in [0.2, 0.25) is 0 Å². The van der Waals surface area contributed by atoms with E-state index in [1.807, 2.05) is 0 Å². The summed E-state index contributed by atoms with van der Waals surface area (Å²) in [6.45, 7) is 1.38. The number of benzene rings is 1. The maximum atomic E-state index is 12.8. The summed E-state index contributed by atoms with van der Waals surface area (Å²) in [5.74, 6) is -1.16. The number of carboxylic acids is 1. The molecule has 0 bridgehead atoms. The van der Waals surface area contributed by atoms with Gasteiger partial charge in [-0.2, -0.15) is 0 Å². The molecule has 1 saturated heterocycles. The van der Waals surface area contributed by atoms with Gasteiger partial charge in [-0.1, -0.05) is 0 Å². The minimum absolute atomic E-state index is 0.0683. The summed E-state index contributed by atoms with van der Waals surface area (Å²) >= 11 is 0. The zero-order valence-corrected chi connectivity index (χ0v) is 13.6. The second kappa shape index (κ2) is 8.86. The van der Waals surface area contributed by atoms with E-state index >= 15 is 0 Å². The van der Waals surface area contributed by atoms with Gasteiger partial charge in [-0.25, -0.2) is 9.18 Å². The van der Waals surface area contributed by atoms with Crippen LogP contribution in [0.5, 0.6) is 5.75 Å². The number of carbonyl (C=O) groups excluding carboxylic acids is 2. The molecule has 2 N–H and O–H groups in total. The summed E-state index contributed by atoms with van der Waals surface area (Å²) in [6, 6.07) is 5.06. The molecule has 0 aromatic heterocycles. The van der Waals surface area contributed by atoms with Gasteiger partial charge in [-0.3, -0.25) is 9.59 Å². The Morgan fingerprint density at radius 3 is 2.28 bits per heavy atom. The van der Waals surface area contributed by atoms with E-state index in [2.05, 4.69) is 5.32 Å². The highest BCUT2D eigenvalue weighted by Gasteiger charge is 2.24. The first kappa shape index (κ1) is 18.5. The van der Waals surface area contributed by atoms with Crippen molar-refractivity contribution in [2.45, 2.75) is 6.42 Å². The summed E-state index contributed by atoms with van der Waals surface area (Å²) in [4.78, 5) is 37.5. The van der Waals surface area contributed by atoms with Crippen molar-refractivity contribution in [1.82, 2.24) is 15.1 Å². The molecule has 1 aliphatic heterocycles. The Morgan fingerprint density at radius 1 is 1.08 bits per heavy atom. The Hall–Kier alpha value is -2.84. The summed E-state index contributed by atoms with van der Waals surface area (Å²) in [5, 5.41) is 11.1. The Kier molecular flexibility index (Phi) is 6.55. The maximum Gasteiger partial charge on any atom is 0.317 e. The minimum atomic E-state index is -0.975. The van der Waals surface area contributed by atoms with Gasteiger partial charge in [0.15, 0.2) is 6.61 Å². The molecule has 2 rings (SSSR count). The summed E-state index contributed by atoms with van der Waals surface area (Å²) in [7, 11) is 0. The van der Waals surface area contributed by atoms with Crippen LogP contribution in [0, 0.1) is 5.82 Å². The van der Waals surface area contributed by atoms with Gasteiger partial charge in [0.25, 0.3) is 5.91 Å². The average molecular weight is 353 g/mol. The molecule has 25 heavy (non-hydrogen) atoms. The summed E-state index contributed by atoms with van der Waals surface area (Å²) in [5.41, 5.74) is 0. The van der Waals surface area contributed by atoms with Crippen LogP contribution in [0.15, 0.2) is 24.3 Å². The summed E-state index contributed by atoms with van der Waals surface area (Å²) in [6.07, 6.45) is -0.134. The molecule has 8 nitrogen and oxygen atoms in total. The number of piperazine rings is 1. The lowest BCUT2D eigenvalue weighted by Crippen LogP contribution is -2.54. The Balaban J connectivity index is 1.70. The predicted molar refractivity (Wildman–Crippen MR) is 85.7 cm³/mol. The van der Waals surface area contributed by atoms with Crippen molar-refractivity contribution in [3.8, 4) is 5.75 Å². The van der Waals surface area contributed by atoms with Crippen molar-refractivity contribution in [3.63, 3.8) is 0 Å². The van der Waals surface area contributed by atoms with Gasteiger partial charge in [-0.05, 0) is 24.3 Å². The number of halogens is 1. The topological polar surface area (TPSA) is 99.2 Å². The maximum absolute atomic E-state index is 12.8. The Labute approximate surface area is 144 Å². The van der Waals surface area contributed by atoms with Crippen LogP contribution in [0.3, 0.4) is 0 Å². The van der Waals surface area contributed by atoms with Crippen LogP contribution in [0.1, 0.15) is 6.42 Å². The van der Waals surface area contributed by atoms with Crippen molar-refractivity contribution >= 4 is 17.9 Å². The van der Waals surface area contributed by atoms with E-state index in [0.29, 0.717) is 31.9 Å². The normalized spacial score (nSPS) is 14.1. The highest BCUT2D eigenvalue weighted by Crippen LogP contribution is 2.11. The highest BCUT2D eigenvalue weighted by molar-refractivity contribution is 5.79. The number of urea groups is 1. The molecule has 0 saturated carbocycles. The number of rotatable bonds is 6. The number of ether oxygens (including phenoxy) is 1. The molecule has 9 heteroatoms. The first-order chi connectivity index (χ1) is 12.0. The van der Waals surface area contributed by atoms with Crippen molar-refractivity contribution in [2.24, 2.45) is 0 Å². The van der Waals surface area contributed by atoms with E-state index in [9.17, 15) is 18.8 Å². The van der Waals surface area contributed by atoms with Gasteiger partial charge < -0.3 is 25.0 Å². The van der Waals surface area contributed by atoms with E-state index < -0.39 is 5.97 Å². The smallest absolute Gasteiger partial charge is 0.317 e. The zero-order chi connectivity index (χ0) is 18.2. The molecule has 0 unspecified atom stereocenters. The van der Waals surface area contributed by atoms with Crippen molar-refractivity contribution in [1.29, 1.82) is 0 Å². The number of nitrogens with one attached hydrogen (secondary N) is 1. The number of carboxylic acid groups (broad SMARTS) is 1. The molecule has 136 valence electrons. The van der Waals surface area contributed by atoms with Crippen LogP contribution >= 0.6 is 0 Å². The SMILES string of the molecule is O=C(O)CCNC(=O)N1CCN(C(=O)COc2ccc(F)cc2)CC1. The number of nitrogens with zero attached hydrogens (tertiary/aromatic N) is 2. The minimum Gasteiger partial charge on any atom is -0.484 e. The van der Waals surface area contributed by atoms with E-state index in [4.69, 9.17) is 9.84 Å². The fourth-order valence-corrected chi connectivity index (χ4v) is 2.31. The monoisotopic (exact) mass is 353 g/mol. The van der Waals surface area contributed by atoms with Gasteiger partial charge in [0.1, 0.15) is 11.6 Å². The first-order valence-corrected chi connectivity index (χ1v) is 7.86. The van der Waals surface area contributed by atoms with Gasteiger partial charge in [0.05, 0.1) is 6.42 Å². The zero-order valence-electron chi connectivity index (χ0n) is 13.6. The molecule has 1 fully saturated rings. The predicted octanol–water partition coefficient (Wildman–Crippen LogP) is 0.533. The van der Waals surface area contributed by atoms with Crippen LogP contribution in [0.25, 0.3) is 0 Å². The van der Waals surface area contributed by atoms with Crippen LogP contribution in [-0.2, 0) is 9.59 Å². The third-order valence-electron chi connectivity index (χ3n) is 3.71. The lowest BCUT2D eigenvalue weighted by molar-refractivity contribution is -0.137. The number of carbonyl (C=O) groups is 3. The molecular formula is C16H20FN3O5. The number of amides is 3. The summed E-state index contributed by atoms with van der Waals surface area (Å²) < 4.78 is 18.1. The lowest BCUT2D eigenvalue weighted by Gasteiger charge is -2.34. The van der Waals surface area contributed by atoms with Crippen molar-refractivity contribution < 1.29 is 28.6 Å². The second-order valence-electron chi connectivity index (χ2n) is 5.49. The largest absolute Gasteiger partial charge is 0.484 e. The van der Waals surface area contributed by atoms with E-state index in [0.717, 1.165) is 0 Å². The molecule has 0 radical (unpaired) electrons. The number of aliphatic carboxylic acids is 1. The molecule has 0 spiro atoms. The van der Waals surface area contributed by atoms with E-state index in [-0.39, 0.29) is 37.3 Å². The third-order valence-corrected chi connectivity index (χ3v) is 3.71. The fraction of sp³-hybridized carbons (Fsp3) is 0.438. The first-order valence-electron chi connectivity index (χ1n) is 7.86. The molecule has 1 aliphatic rings. The van der Waals surface area contributed by atoms with Crippen molar-refractivity contribution in [2.75, 3.05) is 39.3 Å². The van der Waals surface area contributed by atoms with Crippen LogP contribution in [-0.4, -0.2) is 72.1 Å². The standard InChI is InChI=1S/C16H20FN3O5/c17-12-1-3-13(4-2-12)25-11-14(21)19-7-9-20(10-8-19)16(24)18-6-5-15(22)23/h1-4H,5-11H2,(H,18,24)(H,22,23). The molecule has 0 atom stereocenters. The Morgan fingerprint density at radius 2 is 1.68 bits per heavy atom. The molecule has 1 aromatic rings. The Bertz CT molecular complexity index is 615. The quantitative estimate of drug-likeness (QED) is 0.777. The van der Waals surface area contributed by atoms with Crippen LogP contribution in [0.4, 0.5) is 9.18 Å². The second-order valence-corrected chi connectivity index (χ2v) is 5.49. The van der Waals surface area contributed by atoms with Gasteiger partial charge in [-0.15, -0.1) is 0 Å².